The largest absolute Gasteiger partial charge is 0.461 e. The average Bonchev–Trinajstić information content (AvgIpc) is 3.28. The van der Waals surface area contributed by atoms with Gasteiger partial charge in [0, 0.05) is 32.7 Å². The van der Waals surface area contributed by atoms with Crippen molar-refractivity contribution < 1.29 is 4.42 Å². The summed E-state index contributed by atoms with van der Waals surface area (Å²) in [5, 5.41) is 1.60. The van der Waals surface area contributed by atoms with E-state index in [-0.39, 0.29) is 0 Å². The first-order valence-electron chi connectivity index (χ1n) is 12.4. The van der Waals surface area contributed by atoms with Crippen LogP contribution in [-0.4, -0.2) is 15.0 Å². The van der Waals surface area contributed by atoms with Gasteiger partial charge in [0.1, 0.15) is 11.3 Å². The van der Waals surface area contributed by atoms with Gasteiger partial charge in [-0.15, -0.1) is 0 Å². The highest BCUT2D eigenvalue weighted by molar-refractivity contribution is 6.31. The molecule has 4 nitrogen and oxygen atoms in total. The van der Waals surface area contributed by atoms with Crippen molar-refractivity contribution in [3.8, 4) is 45.3 Å². The van der Waals surface area contributed by atoms with Crippen LogP contribution in [0.25, 0.3) is 62.3 Å². The Balaban J connectivity index is 1.55. The molecule has 0 saturated heterocycles. The van der Waals surface area contributed by atoms with Crippen molar-refractivity contribution in [2.75, 3.05) is 0 Å². The van der Waals surface area contributed by atoms with Crippen molar-refractivity contribution in [1.29, 1.82) is 0 Å². The predicted molar refractivity (Wildman–Crippen MR) is 156 cm³/mol. The number of hydrogen-bond donors (Lipinski definition) is 0. The molecule has 0 fully saturated rings. The fourth-order valence-electron chi connectivity index (χ4n) is 4.63. The minimum atomic E-state index is 0.578. The van der Waals surface area contributed by atoms with Crippen LogP contribution in [0.1, 0.15) is 18.2 Å². The van der Waals surface area contributed by atoms with Crippen molar-refractivity contribution in [3.63, 3.8) is 0 Å². The number of fused-ring (bicyclic) bond motifs is 1. The van der Waals surface area contributed by atoms with Gasteiger partial charge in [0.2, 0.25) is 0 Å². The van der Waals surface area contributed by atoms with Crippen molar-refractivity contribution in [2.24, 2.45) is 0 Å². The third kappa shape index (κ3) is 4.62. The summed E-state index contributed by atoms with van der Waals surface area (Å²) in [4.78, 5) is 14.8. The van der Waals surface area contributed by atoms with Crippen molar-refractivity contribution in [2.45, 2.75) is 13.8 Å². The van der Waals surface area contributed by atoms with Crippen molar-refractivity contribution in [1.82, 2.24) is 15.0 Å². The van der Waals surface area contributed by atoms with E-state index < -0.39 is 0 Å². The summed E-state index contributed by atoms with van der Waals surface area (Å²) in [5.41, 5.74) is 6.70. The maximum absolute atomic E-state index is 6.29. The average molecular weight is 514 g/mol. The van der Waals surface area contributed by atoms with Gasteiger partial charge in [-0.05, 0) is 37.1 Å². The van der Waals surface area contributed by atoms with Crippen LogP contribution in [0.3, 0.4) is 0 Å². The minimum absolute atomic E-state index is 0.578. The maximum Gasteiger partial charge on any atom is 0.164 e. The van der Waals surface area contributed by atoms with Crippen LogP contribution in [0.4, 0.5) is 0 Å². The molecule has 0 aliphatic heterocycles. The minimum Gasteiger partial charge on any atom is -0.461 e. The fourth-order valence-corrected chi connectivity index (χ4v) is 4.74. The number of halogens is 1. The Labute approximate surface area is 226 Å². The molecule has 2 heterocycles. The first kappa shape index (κ1) is 23.8. The Hall–Kier alpha value is -4.54. The van der Waals surface area contributed by atoms with Crippen molar-refractivity contribution >= 4 is 28.6 Å². The molecular formula is C33H24ClN3O. The molecule has 0 aliphatic rings. The summed E-state index contributed by atoms with van der Waals surface area (Å²) in [5.74, 6) is 2.59. The molecule has 38 heavy (non-hydrogen) atoms. The van der Waals surface area contributed by atoms with Crippen LogP contribution in [0.2, 0.25) is 0 Å². The van der Waals surface area contributed by atoms with Crippen LogP contribution >= 0.6 is 11.6 Å². The molecular weight excluding hydrogens is 490 g/mol. The lowest BCUT2D eigenvalue weighted by Crippen LogP contribution is -2.00. The summed E-state index contributed by atoms with van der Waals surface area (Å²) in [6.07, 6.45) is 1.93. The normalized spacial score (nSPS) is 11.7. The second-order valence-corrected chi connectivity index (χ2v) is 9.69. The molecule has 2 aromatic heterocycles. The lowest BCUT2D eigenvalue weighted by atomic mass is 10.0. The standard InChI is InChI=1S/C33H24ClN3O/c1-21(34)20-28-22(2)38-29-15-9-14-27(30(28)29)33-36-31(25-12-7-4-8-13-25)35-32(37-33)26-18-16-24(17-19-26)23-10-5-3-6-11-23/h3-20H,1-2H3/b21-20+. The monoisotopic (exact) mass is 513 g/mol. The topological polar surface area (TPSA) is 51.8 Å². The van der Waals surface area contributed by atoms with Gasteiger partial charge in [-0.1, -0.05) is 109 Å². The number of rotatable bonds is 5. The Morgan fingerprint density at radius 1 is 0.632 bits per heavy atom. The number of nitrogens with zero attached hydrogens (tertiary/aromatic N) is 3. The Morgan fingerprint density at radius 2 is 1.16 bits per heavy atom. The number of furan rings is 1. The van der Waals surface area contributed by atoms with E-state index in [1.54, 1.807) is 0 Å². The highest BCUT2D eigenvalue weighted by atomic mass is 35.5. The van der Waals surface area contributed by atoms with Crippen LogP contribution in [-0.2, 0) is 0 Å². The SMILES string of the molecule is C/C(Cl)=C\c1c(C)oc2cccc(-c3nc(-c4ccccc4)nc(-c4ccc(-c5ccccc5)cc4)n3)c12. The lowest BCUT2D eigenvalue weighted by molar-refractivity contribution is 0.577. The third-order valence-corrected chi connectivity index (χ3v) is 6.55. The molecule has 0 N–H and O–H groups in total. The van der Waals surface area contributed by atoms with Gasteiger partial charge in [0.15, 0.2) is 17.5 Å². The zero-order valence-corrected chi connectivity index (χ0v) is 21.8. The molecule has 4 aromatic carbocycles. The van der Waals surface area contributed by atoms with E-state index in [0.29, 0.717) is 22.5 Å². The van der Waals surface area contributed by atoms with Crippen LogP contribution in [0.5, 0.6) is 0 Å². The zero-order valence-electron chi connectivity index (χ0n) is 21.0. The molecule has 0 spiro atoms. The molecule has 0 atom stereocenters. The number of allylic oxidation sites excluding steroid dienone is 1. The predicted octanol–water partition coefficient (Wildman–Crippen LogP) is 9.19. The highest BCUT2D eigenvalue weighted by Crippen LogP contribution is 2.36. The van der Waals surface area contributed by atoms with Gasteiger partial charge in [0.05, 0.1) is 0 Å². The van der Waals surface area contributed by atoms with E-state index >= 15 is 0 Å². The molecule has 0 saturated carbocycles. The van der Waals surface area contributed by atoms with E-state index in [4.69, 9.17) is 31.0 Å². The summed E-state index contributed by atoms with van der Waals surface area (Å²) >= 11 is 6.29. The Bertz CT molecular complexity index is 1770. The van der Waals surface area contributed by atoms with Gasteiger partial charge >= 0.3 is 0 Å². The van der Waals surface area contributed by atoms with Gasteiger partial charge in [-0.25, -0.2) is 15.0 Å². The van der Waals surface area contributed by atoms with E-state index in [2.05, 4.69) is 36.4 Å². The Morgan fingerprint density at radius 3 is 1.79 bits per heavy atom. The zero-order chi connectivity index (χ0) is 26.1. The molecule has 184 valence electrons. The molecule has 0 unspecified atom stereocenters. The van der Waals surface area contributed by atoms with Crippen LogP contribution < -0.4 is 0 Å². The number of hydrogen-bond acceptors (Lipinski definition) is 4. The second-order valence-electron chi connectivity index (χ2n) is 9.10. The maximum atomic E-state index is 6.29. The molecule has 6 aromatic rings. The van der Waals surface area contributed by atoms with E-state index in [0.717, 1.165) is 50.1 Å². The summed E-state index contributed by atoms with van der Waals surface area (Å²) < 4.78 is 6.07. The lowest BCUT2D eigenvalue weighted by Gasteiger charge is -2.10. The Kier molecular flexibility index (Phi) is 6.32. The molecule has 0 aliphatic carbocycles. The van der Waals surface area contributed by atoms with Crippen LogP contribution in [0.15, 0.2) is 113 Å². The number of benzene rings is 4. The summed E-state index contributed by atoms with van der Waals surface area (Å²) in [6.45, 7) is 3.80. The second kappa shape index (κ2) is 10.1. The molecule has 0 amide bonds. The fraction of sp³-hybridized carbons (Fsp3) is 0.0606. The smallest absolute Gasteiger partial charge is 0.164 e. The quantitative estimate of drug-likeness (QED) is 0.230. The van der Waals surface area contributed by atoms with E-state index in [9.17, 15) is 0 Å². The van der Waals surface area contributed by atoms with Gasteiger partial charge < -0.3 is 4.42 Å². The third-order valence-electron chi connectivity index (χ3n) is 6.44. The molecule has 0 bridgehead atoms. The molecule has 0 radical (unpaired) electrons. The van der Waals surface area contributed by atoms with Gasteiger partial charge in [-0.2, -0.15) is 0 Å². The van der Waals surface area contributed by atoms with Gasteiger partial charge in [0.25, 0.3) is 0 Å². The first-order chi connectivity index (χ1) is 18.6. The summed E-state index contributed by atoms with van der Waals surface area (Å²) in [6, 6.07) is 34.5. The molecule has 5 heteroatoms. The summed E-state index contributed by atoms with van der Waals surface area (Å²) in [7, 11) is 0. The van der Waals surface area contributed by atoms with E-state index in [1.165, 1.54) is 0 Å². The number of aromatic nitrogens is 3. The van der Waals surface area contributed by atoms with Crippen molar-refractivity contribution in [3.05, 3.63) is 119 Å². The van der Waals surface area contributed by atoms with E-state index in [1.807, 2.05) is 86.7 Å². The first-order valence-corrected chi connectivity index (χ1v) is 12.8. The highest BCUT2D eigenvalue weighted by Gasteiger charge is 2.19. The number of aryl methyl sites for hydroxylation is 1. The van der Waals surface area contributed by atoms with Crippen LogP contribution in [0, 0.1) is 6.92 Å². The molecule has 6 rings (SSSR count). The van der Waals surface area contributed by atoms with Gasteiger partial charge in [-0.3, -0.25) is 0 Å².